The highest BCUT2D eigenvalue weighted by molar-refractivity contribution is 7.99. The van der Waals surface area contributed by atoms with Gasteiger partial charge in [-0.3, -0.25) is 9.36 Å². The summed E-state index contributed by atoms with van der Waals surface area (Å²) in [4.78, 5) is 17.6. The number of fused-ring (bicyclic) bond motifs is 1. The predicted octanol–water partition coefficient (Wildman–Crippen LogP) is 3.68. The molecular formula is C21H20N4O3S. The predicted molar refractivity (Wildman–Crippen MR) is 112 cm³/mol. The van der Waals surface area contributed by atoms with Crippen molar-refractivity contribution in [2.24, 2.45) is 0 Å². The van der Waals surface area contributed by atoms with Crippen molar-refractivity contribution in [3.63, 3.8) is 0 Å². The van der Waals surface area contributed by atoms with Gasteiger partial charge in [-0.15, -0.1) is 10.2 Å². The SMILES string of the molecule is C[C@H](Sc1nc2ccccc2c(=O)n1CCCO)c1nnc(-c2ccccc2)o1. The van der Waals surface area contributed by atoms with Gasteiger partial charge in [-0.05, 0) is 37.6 Å². The molecule has 1 atom stereocenters. The van der Waals surface area contributed by atoms with Gasteiger partial charge in [0, 0.05) is 18.7 Å². The third-order valence-electron chi connectivity index (χ3n) is 4.46. The first-order valence-corrected chi connectivity index (χ1v) is 10.2. The van der Waals surface area contributed by atoms with Crippen molar-refractivity contribution in [2.75, 3.05) is 6.61 Å². The molecule has 0 aliphatic heterocycles. The Balaban J connectivity index is 1.66. The summed E-state index contributed by atoms with van der Waals surface area (Å²) < 4.78 is 7.45. The molecule has 0 radical (unpaired) electrons. The van der Waals surface area contributed by atoms with Crippen molar-refractivity contribution in [3.05, 3.63) is 70.8 Å². The van der Waals surface area contributed by atoms with Gasteiger partial charge in [0.15, 0.2) is 5.16 Å². The van der Waals surface area contributed by atoms with Crippen molar-refractivity contribution < 1.29 is 9.52 Å². The molecule has 0 fully saturated rings. The first kappa shape index (κ1) is 19.4. The summed E-state index contributed by atoms with van der Waals surface area (Å²) in [7, 11) is 0. The second kappa shape index (κ2) is 8.59. The summed E-state index contributed by atoms with van der Waals surface area (Å²) in [6, 6.07) is 16.8. The van der Waals surface area contributed by atoms with E-state index >= 15 is 0 Å². The van der Waals surface area contributed by atoms with Gasteiger partial charge in [-0.1, -0.05) is 42.1 Å². The second-order valence-electron chi connectivity index (χ2n) is 6.52. The number of aliphatic hydroxyl groups is 1. The monoisotopic (exact) mass is 408 g/mol. The van der Waals surface area contributed by atoms with Crippen LogP contribution in [0.4, 0.5) is 0 Å². The number of nitrogens with zero attached hydrogens (tertiary/aromatic N) is 4. The van der Waals surface area contributed by atoms with Crippen LogP contribution >= 0.6 is 11.8 Å². The number of aliphatic hydroxyl groups excluding tert-OH is 1. The molecule has 1 N–H and O–H groups in total. The highest BCUT2D eigenvalue weighted by Gasteiger charge is 2.20. The number of hydrogen-bond acceptors (Lipinski definition) is 7. The fourth-order valence-corrected chi connectivity index (χ4v) is 3.93. The van der Waals surface area contributed by atoms with Crippen LogP contribution in [-0.4, -0.2) is 31.5 Å². The quantitative estimate of drug-likeness (QED) is 0.368. The van der Waals surface area contributed by atoms with Gasteiger partial charge in [0.05, 0.1) is 16.2 Å². The van der Waals surface area contributed by atoms with E-state index in [-0.39, 0.29) is 17.4 Å². The van der Waals surface area contributed by atoms with Crippen LogP contribution < -0.4 is 5.56 Å². The Kier molecular flexibility index (Phi) is 5.73. The van der Waals surface area contributed by atoms with Gasteiger partial charge >= 0.3 is 0 Å². The zero-order valence-corrected chi connectivity index (χ0v) is 16.7. The lowest BCUT2D eigenvalue weighted by Crippen LogP contribution is -2.24. The Morgan fingerprint density at radius 3 is 2.66 bits per heavy atom. The maximum atomic E-state index is 12.9. The molecule has 7 nitrogen and oxygen atoms in total. The maximum Gasteiger partial charge on any atom is 0.262 e. The molecule has 0 amide bonds. The lowest BCUT2D eigenvalue weighted by atomic mass is 10.2. The van der Waals surface area contributed by atoms with Crippen LogP contribution in [0.2, 0.25) is 0 Å². The summed E-state index contributed by atoms with van der Waals surface area (Å²) in [5, 5.41) is 18.5. The Hall–Kier alpha value is -2.97. The van der Waals surface area contributed by atoms with Crippen LogP contribution in [0.5, 0.6) is 0 Å². The molecule has 148 valence electrons. The summed E-state index contributed by atoms with van der Waals surface area (Å²) >= 11 is 1.39. The molecule has 29 heavy (non-hydrogen) atoms. The zero-order chi connectivity index (χ0) is 20.2. The summed E-state index contributed by atoms with van der Waals surface area (Å²) in [6.45, 7) is 2.33. The molecule has 2 aromatic carbocycles. The number of benzene rings is 2. The first-order chi connectivity index (χ1) is 14.2. The molecule has 2 aromatic heterocycles. The Labute approximate surface area is 171 Å². The second-order valence-corrected chi connectivity index (χ2v) is 7.82. The van der Waals surface area contributed by atoms with Crippen LogP contribution in [-0.2, 0) is 6.54 Å². The standard InChI is InChI=1S/C21H20N4O3S/c1-14(18-23-24-19(28-18)15-8-3-2-4-9-15)29-21-22-17-11-6-5-10-16(17)20(27)25(21)12-7-13-26/h2-6,8-11,14,26H,7,12-13H2,1H3/t14-/m0/s1. The maximum absolute atomic E-state index is 12.9. The third kappa shape index (κ3) is 4.08. The molecule has 0 saturated heterocycles. The minimum atomic E-state index is -0.201. The third-order valence-corrected chi connectivity index (χ3v) is 5.54. The minimum absolute atomic E-state index is 0.00300. The molecule has 0 saturated carbocycles. The molecule has 4 aromatic rings. The lowest BCUT2D eigenvalue weighted by Gasteiger charge is -2.14. The summed E-state index contributed by atoms with van der Waals surface area (Å²) in [6.07, 6.45) is 0.473. The minimum Gasteiger partial charge on any atom is -0.419 e. The topological polar surface area (TPSA) is 94.0 Å². The van der Waals surface area contributed by atoms with Gasteiger partial charge in [-0.25, -0.2) is 4.98 Å². The van der Waals surface area contributed by atoms with Gasteiger partial charge < -0.3 is 9.52 Å². The van der Waals surface area contributed by atoms with Crippen LogP contribution in [0.3, 0.4) is 0 Å². The van der Waals surface area contributed by atoms with E-state index in [4.69, 9.17) is 4.42 Å². The molecule has 0 bridgehead atoms. The van der Waals surface area contributed by atoms with Crippen molar-refractivity contribution in [1.82, 2.24) is 19.7 Å². The molecule has 0 unspecified atom stereocenters. The molecule has 0 aliphatic carbocycles. The van der Waals surface area contributed by atoms with E-state index in [1.165, 1.54) is 11.8 Å². The Morgan fingerprint density at radius 2 is 1.86 bits per heavy atom. The average molecular weight is 408 g/mol. The smallest absolute Gasteiger partial charge is 0.262 e. The fourth-order valence-electron chi connectivity index (χ4n) is 2.97. The summed E-state index contributed by atoms with van der Waals surface area (Å²) in [5.41, 5.74) is 1.38. The largest absolute Gasteiger partial charge is 0.419 e. The van der Waals surface area contributed by atoms with Crippen molar-refractivity contribution in [1.29, 1.82) is 0 Å². The normalized spacial score (nSPS) is 12.3. The number of thioether (sulfide) groups is 1. The zero-order valence-electron chi connectivity index (χ0n) is 15.9. The Bertz CT molecular complexity index is 1170. The molecule has 4 rings (SSSR count). The van der Waals surface area contributed by atoms with Crippen LogP contribution in [0, 0.1) is 0 Å². The van der Waals surface area contributed by atoms with E-state index < -0.39 is 0 Å². The van der Waals surface area contributed by atoms with E-state index in [1.807, 2.05) is 55.5 Å². The molecular weight excluding hydrogens is 388 g/mol. The van der Waals surface area contributed by atoms with Gasteiger partial charge in [0.1, 0.15) is 0 Å². The van der Waals surface area contributed by atoms with Crippen LogP contribution in [0.1, 0.15) is 24.5 Å². The van der Waals surface area contributed by atoms with Gasteiger partial charge in [-0.2, -0.15) is 0 Å². The fraction of sp³-hybridized carbons (Fsp3) is 0.238. The van der Waals surface area contributed by atoms with E-state index in [0.717, 1.165) is 5.56 Å². The lowest BCUT2D eigenvalue weighted by molar-refractivity contribution is 0.276. The van der Waals surface area contributed by atoms with E-state index in [2.05, 4.69) is 15.2 Å². The summed E-state index contributed by atoms with van der Waals surface area (Å²) in [5.74, 6) is 0.919. The van der Waals surface area contributed by atoms with Crippen LogP contribution in [0.15, 0.2) is 69.0 Å². The van der Waals surface area contributed by atoms with Crippen molar-refractivity contribution in [3.8, 4) is 11.5 Å². The number of rotatable bonds is 7. The van der Waals surface area contributed by atoms with E-state index in [0.29, 0.717) is 40.8 Å². The van der Waals surface area contributed by atoms with E-state index in [1.54, 1.807) is 10.6 Å². The van der Waals surface area contributed by atoms with E-state index in [9.17, 15) is 9.90 Å². The average Bonchev–Trinajstić information content (AvgIpc) is 3.25. The molecule has 2 heterocycles. The number of para-hydroxylation sites is 1. The van der Waals surface area contributed by atoms with Crippen molar-refractivity contribution >= 4 is 22.7 Å². The molecule has 0 aliphatic rings. The van der Waals surface area contributed by atoms with Crippen molar-refractivity contribution in [2.45, 2.75) is 30.3 Å². The molecule has 8 heteroatoms. The Morgan fingerprint density at radius 1 is 1.10 bits per heavy atom. The highest BCUT2D eigenvalue weighted by Crippen LogP contribution is 2.34. The van der Waals surface area contributed by atoms with Gasteiger partial charge in [0.25, 0.3) is 5.56 Å². The highest BCUT2D eigenvalue weighted by atomic mass is 32.2. The molecule has 0 spiro atoms. The number of aromatic nitrogens is 4. The first-order valence-electron chi connectivity index (χ1n) is 9.33. The number of hydrogen-bond donors (Lipinski definition) is 1. The van der Waals surface area contributed by atoms with Gasteiger partial charge in [0.2, 0.25) is 11.8 Å². The van der Waals surface area contributed by atoms with Crippen LogP contribution in [0.25, 0.3) is 22.4 Å².